The molecule has 0 aliphatic rings. The molecule has 0 fully saturated rings. The van der Waals surface area contributed by atoms with Gasteiger partial charge in [0.05, 0.1) is 10.8 Å². The Hall–Kier alpha value is -2.06. The lowest BCUT2D eigenvalue weighted by atomic mass is 10.5. The first-order chi connectivity index (χ1) is 8.65. The Bertz CT molecular complexity index is 589. The lowest BCUT2D eigenvalue weighted by Crippen LogP contribution is -2.20. The molecule has 2 heterocycles. The summed E-state index contributed by atoms with van der Waals surface area (Å²) >= 11 is 2.73. The summed E-state index contributed by atoms with van der Waals surface area (Å²) in [7, 11) is 0. The average molecular weight is 280 g/mol. The Morgan fingerprint density at radius 2 is 2.17 bits per heavy atom. The number of rotatable bonds is 4. The number of hydrogen-bond acceptors (Lipinski definition) is 7. The number of nitrogens with one attached hydrogen (secondary N) is 1. The van der Waals surface area contributed by atoms with E-state index >= 15 is 0 Å². The molecule has 0 aliphatic heterocycles. The van der Waals surface area contributed by atoms with Crippen molar-refractivity contribution >= 4 is 39.7 Å². The molecule has 18 heavy (non-hydrogen) atoms. The Morgan fingerprint density at radius 3 is 2.83 bits per heavy atom. The summed E-state index contributed by atoms with van der Waals surface area (Å²) in [5, 5.41) is 23.2. The largest absolute Gasteiger partial charge is 0.545 e. The number of anilines is 1. The highest BCUT2D eigenvalue weighted by Crippen LogP contribution is 2.29. The van der Waals surface area contributed by atoms with E-state index in [1.165, 1.54) is 22.7 Å². The van der Waals surface area contributed by atoms with Crippen molar-refractivity contribution in [2.45, 2.75) is 0 Å². The van der Waals surface area contributed by atoms with Crippen molar-refractivity contribution in [3.8, 4) is 9.88 Å². The first kappa shape index (κ1) is 12.4. The van der Waals surface area contributed by atoms with Crippen molar-refractivity contribution in [3.63, 3.8) is 0 Å². The number of carboxylic acids is 1. The van der Waals surface area contributed by atoms with Gasteiger partial charge in [-0.2, -0.15) is 0 Å². The Kier molecular flexibility index (Phi) is 3.80. The third-order valence-corrected chi connectivity index (χ3v) is 3.64. The predicted molar refractivity (Wildman–Crippen MR) is 66.0 cm³/mol. The molecule has 0 unspecified atom stereocenters. The molecule has 1 amide bonds. The van der Waals surface area contributed by atoms with E-state index in [4.69, 9.17) is 0 Å². The van der Waals surface area contributed by atoms with E-state index in [1.807, 2.05) is 17.5 Å². The normalized spacial score (nSPS) is 10.7. The second-order valence-electron chi connectivity index (χ2n) is 3.03. The van der Waals surface area contributed by atoms with Gasteiger partial charge in [0.25, 0.3) is 0 Å². The van der Waals surface area contributed by atoms with Crippen molar-refractivity contribution in [1.29, 1.82) is 0 Å². The second kappa shape index (κ2) is 5.52. The van der Waals surface area contributed by atoms with E-state index in [0.29, 0.717) is 16.2 Å². The van der Waals surface area contributed by atoms with E-state index in [9.17, 15) is 14.7 Å². The number of carbonyl (C=O) groups excluding carboxylic acids is 2. The SMILES string of the molecule is O=C([O-])/C=C/C(=O)Nc1nnc(-c2cccs2)s1. The first-order valence-corrected chi connectivity index (χ1v) is 6.42. The summed E-state index contributed by atoms with van der Waals surface area (Å²) in [6.07, 6.45) is 1.51. The summed E-state index contributed by atoms with van der Waals surface area (Å²) < 4.78 is 0. The number of amides is 1. The van der Waals surface area contributed by atoms with Gasteiger partial charge in [-0.1, -0.05) is 17.4 Å². The molecule has 6 nitrogen and oxygen atoms in total. The molecule has 0 radical (unpaired) electrons. The smallest absolute Gasteiger partial charge is 0.250 e. The van der Waals surface area contributed by atoms with Gasteiger partial charge in [-0.05, 0) is 17.5 Å². The van der Waals surface area contributed by atoms with E-state index in [-0.39, 0.29) is 0 Å². The van der Waals surface area contributed by atoms with Gasteiger partial charge in [0.15, 0.2) is 5.01 Å². The zero-order valence-corrected chi connectivity index (χ0v) is 10.5. The van der Waals surface area contributed by atoms with Gasteiger partial charge in [0.2, 0.25) is 11.0 Å². The Balaban J connectivity index is 2.03. The third kappa shape index (κ3) is 3.22. The fourth-order valence-corrected chi connectivity index (χ4v) is 2.60. The van der Waals surface area contributed by atoms with Crippen LogP contribution in [-0.4, -0.2) is 22.1 Å². The molecular formula is C10H6N3O3S2-. The van der Waals surface area contributed by atoms with Crippen LogP contribution < -0.4 is 10.4 Å². The highest BCUT2D eigenvalue weighted by atomic mass is 32.1. The highest BCUT2D eigenvalue weighted by Gasteiger charge is 2.08. The van der Waals surface area contributed by atoms with Crippen LogP contribution in [0.1, 0.15) is 0 Å². The number of aromatic nitrogens is 2. The summed E-state index contributed by atoms with van der Waals surface area (Å²) in [6, 6.07) is 3.79. The minimum Gasteiger partial charge on any atom is -0.545 e. The van der Waals surface area contributed by atoms with Crippen LogP contribution in [0.3, 0.4) is 0 Å². The minimum atomic E-state index is -1.43. The third-order valence-electron chi connectivity index (χ3n) is 1.76. The lowest BCUT2D eigenvalue weighted by Gasteiger charge is -1.94. The van der Waals surface area contributed by atoms with Crippen LogP contribution in [0.5, 0.6) is 0 Å². The van der Waals surface area contributed by atoms with Crippen molar-refractivity contribution < 1.29 is 14.7 Å². The van der Waals surface area contributed by atoms with Crippen molar-refractivity contribution in [2.75, 3.05) is 5.32 Å². The molecule has 0 aliphatic carbocycles. The van der Waals surface area contributed by atoms with Gasteiger partial charge in [-0.25, -0.2) is 0 Å². The van der Waals surface area contributed by atoms with Crippen LogP contribution in [0, 0.1) is 0 Å². The Labute approximate surface area is 110 Å². The molecule has 2 aromatic heterocycles. The average Bonchev–Trinajstić information content (AvgIpc) is 2.95. The van der Waals surface area contributed by atoms with Crippen molar-refractivity contribution in [1.82, 2.24) is 10.2 Å². The van der Waals surface area contributed by atoms with Gasteiger partial charge in [0.1, 0.15) is 0 Å². The number of carboxylic acid groups (broad SMARTS) is 1. The monoisotopic (exact) mass is 280 g/mol. The summed E-state index contributed by atoms with van der Waals surface area (Å²) in [6.45, 7) is 0. The molecule has 1 N–H and O–H groups in total. The fourth-order valence-electron chi connectivity index (χ4n) is 1.06. The predicted octanol–water partition coefficient (Wildman–Crippen LogP) is 0.511. The summed E-state index contributed by atoms with van der Waals surface area (Å²) in [4.78, 5) is 22.3. The first-order valence-electron chi connectivity index (χ1n) is 4.72. The van der Waals surface area contributed by atoms with Crippen LogP contribution in [0.4, 0.5) is 5.13 Å². The minimum absolute atomic E-state index is 0.311. The molecule has 0 saturated heterocycles. The van der Waals surface area contributed by atoms with Crippen LogP contribution >= 0.6 is 22.7 Å². The molecule has 0 atom stereocenters. The van der Waals surface area contributed by atoms with E-state index < -0.39 is 11.9 Å². The van der Waals surface area contributed by atoms with Crippen LogP contribution in [0.2, 0.25) is 0 Å². The van der Waals surface area contributed by atoms with Crippen molar-refractivity contribution in [2.24, 2.45) is 0 Å². The topological polar surface area (TPSA) is 95.0 Å². The number of aliphatic carboxylic acids is 1. The molecule has 0 bridgehead atoms. The standard InChI is InChI=1S/C10H7N3O3S2/c14-7(3-4-8(15)16)11-10-13-12-9(18-10)6-2-1-5-17-6/h1-5H,(H,15,16)(H,11,13,14)/p-1/b4-3+. The molecule has 2 aromatic rings. The molecule has 8 heteroatoms. The van der Waals surface area contributed by atoms with Gasteiger partial charge < -0.3 is 9.90 Å². The summed E-state index contributed by atoms with van der Waals surface area (Å²) in [5.74, 6) is -2.02. The van der Waals surface area contributed by atoms with E-state index in [0.717, 1.165) is 11.0 Å². The molecule has 92 valence electrons. The molecule has 0 aromatic carbocycles. The molecule has 0 spiro atoms. The van der Waals surface area contributed by atoms with Crippen LogP contribution in [-0.2, 0) is 9.59 Å². The summed E-state index contributed by atoms with van der Waals surface area (Å²) in [5.41, 5.74) is 0. The molecule has 0 saturated carbocycles. The number of carbonyl (C=O) groups is 2. The quantitative estimate of drug-likeness (QED) is 0.823. The Morgan fingerprint density at radius 1 is 1.33 bits per heavy atom. The van der Waals surface area contributed by atoms with Gasteiger partial charge in [-0.3, -0.25) is 10.1 Å². The maximum atomic E-state index is 11.3. The van der Waals surface area contributed by atoms with Crippen LogP contribution in [0.15, 0.2) is 29.7 Å². The molecular weight excluding hydrogens is 274 g/mol. The maximum absolute atomic E-state index is 11.3. The maximum Gasteiger partial charge on any atom is 0.250 e. The molecule has 2 rings (SSSR count). The lowest BCUT2D eigenvalue weighted by molar-refractivity contribution is -0.297. The number of hydrogen-bond donors (Lipinski definition) is 1. The van der Waals surface area contributed by atoms with Gasteiger partial charge in [-0.15, -0.1) is 21.5 Å². The van der Waals surface area contributed by atoms with E-state index in [2.05, 4.69) is 15.5 Å². The zero-order valence-electron chi connectivity index (χ0n) is 8.82. The zero-order chi connectivity index (χ0) is 13.0. The second-order valence-corrected chi connectivity index (χ2v) is 4.96. The van der Waals surface area contributed by atoms with Crippen molar-refractivity contribution in [3.05, 3.63) is 29.7 Å². The van der Waals surface area contributed by atoms with Gasteiger partial charge >= 0.3 is 0 Å². The highest BCUT2D eigenvalue weighted by molar-refractivity contribution is 7.23. The van der Waals surface area contributed by atoms with Crippen LogP contribution in [0.25, 0.3) is 9.88 Å². The van der Waals surface area contributed by atoms with Gasteiger partial charge in [0, 0.05) is 6.08 Å². The fraction of sp³-hybridized carbons (Fsp3) is 0. The number of nitrogens with zero attached hydrogens (tertiary/aromatic N) is 2. The van der Waals surface area contributed by atoms with E-state index in [1.54, 1.807) is 0 Å². The number of thiophene rings is 1.